The molecule has 37 heavy (non-hydrogen) atoms. The van der Waals surface area contributed by atoms with E-state index in [9.17, 15) is 8.78 Å². The van der Waals surface area contributed by atoms with Gasteiger partial charge in [0.15, 0.2) is 0 Å². The average Bonchev–Trinajstić information content (AvgIpc) is 3.45. The lowest BCUT2D eigenvalue weighted by atomic mass is 9.66. The topological polar surface area (TPSA) is 69.4 Å². The van der Waals surface area contributed by atoms with Crippen molar-refractivity contribution in [1.29, 1.82) is 0 Å². The molecule has 1 aromatic carbocycles. The summed E-state index contributed by atoms with van der Waals surface area (Å²) in [5.74, 6) is -1.11. The highest BCUT2D eigenvalue weighted by molar-refractivity contribution is 5.64. The molecule has 1 fully saturated rings. The van der Waals surface area contributed by atoms with Gasteiger partial charge in [0.2, 0.25) is 0 Å². The Labute approximate surface area is 215 Å². The van der Waals surface area contributed by atoms with Crippen molar-refractivity contribution >= 4 is 0 Å². The second kappa shape index (κ2) is 7.97. The summed E-state index contributed by atoms with van der Waals surface area (Å²) in [6.07, 6.45) is 9.23. The summed E-state index contributed by atoms with van der Waals surface area (Å²) in [5.41, 5.74) is 3.83. The van der Waals surface area contributed by atoms with Gasteiger partial charge in [-0.05, 0) is 53.4 Å². The first kappa shape index (κ1) is 23.8. The Morgan fingerprint density at radius 2 is 1.78 bits per heavy atom. The predicted molar refractivity (Wildman–Crippen MR) is 137 cm³/mol. The Kier molecular flexibility index (Phi) is 5.13. The van der Waals surface area contributed by atoms with Crippen LogP contribution < -0.4 is 0 Å². The lowest BCUT2D eigenvalue weighted by molar-refractivity contribution is 0.242. The van der Waals surface area contributed by atoms with Crippen LogP contribution in [0, 0.1) is 22.5 Å². The highest BCUT2D eigenvalue weighted by Gasteiger charge is 2.65. The predicted octanol–water partition coefficient (Wildman–Crippen LogP) is 6.32. The summed E-state index contributed by atoms with van der Waals surface area (Å²) < 4.78 is 31.0. The van der Waals surface area contributed by atoms with Crippen molar-refractivity contribution in [3.63, 3.8) is 0 Å². The molecular formula is C29H30F2N6. The van der Waals surface area contributed by atoms with E-state index in [0.29, 0.717) is 0 Å². The van der Waals surface area contributed by atoms with E-state index in [-0.39, 0.29) is 28.0 Å². The summed E-state index contributed by atoms with van der Waals surface area (Å²) in [7, 11) is 0. The van der Waals surface area contributed by atoms with Crippen LogP contribution in [0.15, 0.2) is 49.1 Å². The van der Waals surface area contributed by atoms with Gasteiger partial charge < -0.3 is 0 Å². The molecule has 0 aliphatic heterocycles. The molecular weight excluding hydrogens is 470 g/mol. The van der Waals surface area contributed by atoms with E-state index in [1.54, 1.807) is 6.20 Å². The minimum atomic E-state index is -0.642. The molecule has 1 saturated carbocycles. The van der Waals surface area contributed by atoms with Crippen molar-refractivity contribution in [2.75, 3.05) is 0 Å². The third-order valence-electron chi connectivity index (χ3n) is 8.24. The SMILES string of the molecule is CC(C)(C)Cn1cc(-c2cncc([C@@]34CC[C@@H](c5cc(-c6c(F)cccc6F)nnc53)C4(C)C)n2)cn1. The first-order chi connectivity index (χ1) is 17.5. The number of hydrogen-bond donors (Lipinski definition) is 0. The largest absolute Gasteiger partial charge is 0.272 e. The molecule has 0 amide bonds. The number of hydrogen-bond acceptors (Lipinski definition) is 5. The third-order valence-corrected chi connectivity index (χ3v) is 8.24. The van der Waals surface area contributed by atoms with Gasteiger partial charge in [-0.25, -0.2) is 13.8 Å². The highest BCUT2D eigenvalue weighted by Crippen LogP contribution is 2.69. The molecule has 2 aliphatic rings. The van der Waals surface area contributed by atoms with Crippen LogP contribution in [-0.2, 0) is 12.0 Å². The molecule has 0 spiro atoms. The van der Waals surface area contributed by atoms with Gasteiger partial charge >= 0.3 is 0 Å². The fourth-order valence-electron chi connectivity index (χ4n) is 6.54. The van der Waals surface area contributed by atoms with Gasteiger partial charge in [-0.3, -0.25) is 9.67 Å². The number of fused-ring (bicyclic) bond motifs is 5. The number of benzene rings is 1. The van der Waals surface area contributed by atoms with Gasteiger partial charge in [0.05, 0.1) is 46.1 Å². The minimum Gasteiger partial charge on any atom is -0.272 e. The van der Waals surface area contributed by atoms with Crippen LogP contribution in [0.4, 0.5) is 8.78 Å². The van der Waals surface area contributed by atoms with Crippen molar-refractivity contribution in [2.45, 2.75) is 65.3 Å². The highest BCUT2D eigenvalue weighted by atomic mass is 19.1. The van der Waals surface area contributed by atoms with Crippen LogP contribution in [0.5, 0.6) is 0 Å². The molecule has 190 valence electrons. The van der Waals surface area contributed by atoms with Gasteiger partial charge in [-0.2, -0.15) is 10.2 Å². The molecule has 8 heteroatoms. The number of nitrogens with zero attached hydrogens (tertiary/aromatic N) is 6. The van der Waals surface area contributed by atoms with Crippen LogP contribution >= 0.6 is 0 Å². The van der Waals surface area contributed by atoms with Crippen molar-refractivity contribution in [3.8, 4) is 22.5 Å². The fourth-order valence-corrected chi connectivity index (χ4v) is 6.54. The van der Waals surface area contributed by atoms with E-state index in [0.717, 1.165) is 47.6 Å². The van der Waals surface area contributed by atoms with Crippen LogP contribution in [0.1, 0.15) is 70.3 Å². The standard InChI is InChI=1S/C29H30F2N6/c1-27(2,3)16-37-15-17(12-33-37)23-13-32-14-24(34-23)29-10-9-19(28(29,4)5)18-11-22(35-36-26(18)29)25-20(30)7-6-8-21(25)31/h6-8,11-15,19H,9-10,16H2,1-5H3/t19-,29-/m0/s1. The number of aromatic nitrogens is 6. The van der Waals surface area contributed by atoms with Crippen LogP contribution in [-0.4, -0.2) is 29.9 Å². The van der Waals surface area contributed by atoms with E-state index in [1.807, 2.05) is 29.3 Å². The Morgan fingerprint density at radius 1 is 1.03 bits per heavy atom. The maximum absolute atomic E-state index is 14.5. The molecule has 0 saturated heterocycles. The molecule has 2 bridgehead atoms. The van der Waals surface area contributed by atoms with E-state index in [1.165, 1.54) is 18.2 Å². The molecule has 4 aromatic rings. The van der Waals surface area contributed by atoms with E-state index in [2.05, 4.69) is 54.9 Å². The maximum Gasteiger partial charge on any atom is 0.135 e. The smallest absolute Gasteiger partial charge is 0.135 e. The van der Waals surface area contributed by atoms with Crippen LogP contribution in [0.3, 0.4) is 0 Å². The van der Waals surface area contributed by atoms with E-state index >= 15 is 0 Å². The first-order valence-corrected chi connectivity index (χ1v) is 12.7. The average molecular weight is 501 g/mol. The van der Waals surface area contributed by atoms with Crippen molar-refractivity contribution in [1.82, 2.24) is 29.9 Å². The minimum absolute atomic E-state index is 0.106. The molecule has 3 aromatic heterocycles. The Bertz CT molecular complexity index is 1500. The molecule has 2 atom stereocenters. The zero-order chi connectivity index (χ0) is 26.2. The second-order valence-corrected chi connectivity index (χ2v) is 12.1. The van der Waals surface area contributed by atoms with E-state index < -0.39 is 17.0 Å². The summed E-state index contributed by atoms with van der Waals surface area (Å²) in [4.78, 5) is 9.69. The molecule has 6 nitrogen and oxygen atoms in total. The zero-order valence-electron chi connectivity index (χ0n) is 21.8. The molecule has 0 radical (unpaired) electrons. The molecule has 6 rings (SSSR count). The Hall–Kier alpha value is -3.55. The molecule has 3 heterocycles. The summed E-state index contributed by atoms with van der Waals surface area (Å²) in [5, 5.41) is 13.5. The summed E-state index contributed by atoms with van der Waals surface area (Å²) in [6, 6.07) is 5.67. The van der Waals surface area contributed by atoms with Gasteiger partial charge in [0.25, 0.3) is 0 Å². The Balaban J connectivity index is 1.44. The number of halogens is 2. The van der Waals surface area contributed by atoms with Gasteiger partial charge in [0, 0.05) is 24.5 Å². The van der Waals surface area contributed by atoms with Crippen molar-refractivity contribution in [3.05, 3.63) is 77.6 Å². The normalized spacial score (nSPS) is 21.9. The lowest BCUT2D eigenvalue weighted by Crippen LogP contribution is -2.38. The molecule has 0 N–H and O–H groups in total. The molecule has 0 unspecified atom stereocenters. The lowest BCUT2D eigenvalue weighted by Gasteiger charge is -2.37. The zero-order valence-corrected chi connectivity index (χ0v) is 21.8. The Morgan fingerprint density at radius 3 is 2.51 bits per heavy atom. The van der Waals surface area contributed by atoms with Crippen LogP contribution in [0.2, 0.25) is 0 Å². The monoisotopic (exact) mass is 500 g/mol. The van der Waals surface area contributed by atoms with Gasteiger partial charge in [0.1, 0.15) is 11.6 Å². The second-order valence-electron chi connectivity index (χ2n) is 12.1. The summed E-state index contributed by atoms with van der Waals surface area (Å²) in [6.45, 7) is 11.8. The van der Waals surface area contributed by atoms with Gasteiger partial charge in [-0.1, -0.05) is 40.7 Å². The van der Waals surface area contributed by atoms with Crippen LogP contribution in [0.25, 0.3) is 22.5 Å². The third kappa shape index (κ3) is 3.52. The number of rotatable bonds is 4. The fraction of sp³-hybridized carbons (Fsp3) is 0.414. The van der Waals surface area contributed by atoms with Crippen molar-refractivity contribution < 1.29 is 8.78 Å². The molecule has 2 aliphatic carbocycles. The van der Waals surface area contributed by atoms with Gasteiger partial charge in [-0.15, -0.1) is 5.10 Å². The first-order valence-electron chi connectivity index (χ1n) is 12.7. The summed E-state index contributed by atoms with van der Waals surface area (Å²) >= 11 is 0. The van der Waals surface area contributed by atoms with Crippen molar-refractivity contribution in [2.24, 2.45) is 10.8 Å². The maximum atomic E-state index is 14.5. The van der Waals surface area contributed by atoms with E-state index in [4.69, 9.17) is 4.98 Å². The quantitative estimate of drug-likeness (QED) is 0.328.